The van der Waals surface area contributed by atoms with Gasteiger partial charge in [0.1, 0.15) is 0 Å². The molecule has 5 heteroatoms. The van der Waals surface area contributed by atoms with Gasteiger partial charge < -0.3 is 10.0 Å². The summed E-state index contributed by atoms with van der Waals surface area (Å²) in [5.74, 6) is -1.53. The van der Waals surface area contributed by atoms with E-state index >= 15 is 0 Å². The van der Waals surface area contributed by atoms with Crippen LogP contribution in [0.4, 0.5) is 0 Å². The minimum absolute atomic E-state index is 0.190. The number of benzene rings is 1. The van der Waals surface area contributed by atoms with Crippen LogP contribution in [0.3, 0.4) is 0 Å². The molecule has 1 aliphatic rings. The van der Waals surface area contributed by atoms with Gasteiger partial charge in [-0.25, -0.2) is 0 Å². The van der Waals surface area contributed by atoms with Crippen molar-refractivity contribution in [3.8, 4) is 0 Å². The largest absolute Gasteiger partial charge is 0.481 e. The molecule has 19 heavy (non-hydrogen) atoms. The summed E-state index contributed by atoms with van der Waals surface area (Å²) in [6.45, 7) is 4.07. The number of carboxylic acids is 1. The van der Waals surface area contributed by atoms with Gasteiger partial charge in [-0.3, -0.25) is 9.59 Å². The van der Waals surface area contributed by atoms with Crippen LogP contribution in [0.1, 0.15) is 29.3 Å². The fraction of sp³-hybridized carbons (Fsp3) is 0.429. The highest BCUT2D eigenvalue weighted by Gasteiger charge is 2.38. The number of nitrogens with zero attached hydrogens (tertiary/aromatic N) is 1. The molecule has 0 aromatic heterocycles. The number of carbonyl (C=O) groups is 2. The maximum Gasteiger partial charge on any atom is 0.308 e. The number of carboxylic acid groups (broad SMARTS) is 1. The standard InChI is InChI=1S/C14H16ClNO3/c1-8-4-3-5-11(12(8)15)13(17)16-7-6-10(9(16)2)14(18)19/h3-5,9-10H,6-7H2,1-2H3,(H,18,19). The van der Waals surface area contributed by atoms with Gasteiger partial charge in [0.2, 0.25) is 0 Å². The Balaban J connectivity index is 2.26. The smallest absolute Gasteiger partial charge is 0.308 e. The Bertz CT molecular complexity index is 529. The average Bonchev–Trinajstić information content (AvgIpc) is 2.74. The molecule has 2 atom stereocenters. The molecule has 1 N–H and O–H groups in total. The van der Waals surface area contributed by atoms with Gasteiger partial charge in [-0.05, 0) is 31.9 Å². The van der Waals surface area contributed by atoms with Crippen LogP contribution >= 0.6 is 11.6 Å². The fourth-order valence-electron chi connectivity index (χ4n) is 2.52. The Morgan fingerprint density at radius 1 is 1.42 bits per heavy atom. The SMILES string of the molecule is Cc1cccc(C(=O)N2CCC(C(=O)O)C2C)c1Cl. The number of aliphatic carboxylic acids is 1. The molecule has 1 fully saturated rings. The lowest BCUT2D eigenvalue weighted by Gasteiger charge is -2.24. The van der Waals surface area contributed by atoms with Crippen molar-refractivity contribution in [3.05, 3.63) is 34.3 Å². The molecule has 102 valence electrons. The van der Waals surface area contributed by atoms with E-state index in [0.717, 1.165) is 5.56 Å². The van der Waals surface area contributed by atoms with Crippen molar-refractivity contribution < 1.29 is 14.7 Å². The van der Waals surface area contributed by atoms with Crippen molar-refractivity contribution in [1.29, 1.82) is 0 Å². The van der Waals surface area contributed by atoms with Crippen molar-refractivity contribution in [2.45, 2.75) is 26.3 Å². The maximum absolute atomic E-state index is 12.4. The number of likely N-dealkylation sites (tertiary alicyclic amines) is 1. The third-order valence-electron chi connectivity index (χ3n) is 3.76. The van der Waals surface area contributed by atoms with Crippen LogP contribution in [0.25, 0.3) is 0 Å². The molecule has 1 aromatic rings. The second-order valence-corrected chi connectivity index (χ2v) is 5.29. The number of halogens is 1. The van der Waals surface area contributed by atoms with Crippen molar-refractivity contribution in [3.63, 3.8) is 0 Å². The monoisotopic (exact) mass is 281 g/mol. The summed E-state index contributed by atoms with van der Waals surface area (Å²) in [7, 11) is 0. The van der Waals surface area contributed by atoms with Gasteiger partial charge in [0, 0.05) is 12.6 Å². The van der Waals surface area contributed by atoms with Gasteiger partial charge in [-0.1, -0.05) is 23.7 Å². The number of carbonyl (C=O) groups excluding carboxylic acids is 1. The summed E-state index contributed by atoms with van der Waals surface area (Å²) in [5, 5.41) is 9.53. The molecular formula is C14H16ClNO3. The summed E-state index contributed by atoms with van der Waals surface area (Å²) in [5.41, 5.74) is 1.29. The minimum Gasteiger partial charge on any atom is -0.481 e. The van der Waals surface area contributed by atoms with Crippen LogP contribution in [0.5, 0.6) is 0 Å². The van der Waals surface area contributed by atoms with E-state index in [9.17, 15) is 9.59 Å². The maximum atomic E-state index is 12.4. The second-order valence-electron chi connectivity index (χ2n) is 4.91. The lowest BCUT2D eigenvalue weighted by molar-refractivity contribution is -0.142. The van der Waals surface area contributed by atoms with E-state index in [-0.39, 0.29) is 11.9 Å². The Hall–Kier alpha value is -1.55. The molecule has 1 amide bonds. The predicted octanol–water partition coefficient (Wildman–Crippen LogP) is 2.58. The third-order valence-corrected chi connectivity index (χ3v) is 4.26. The molecule has 0 bridgehead atoms. The normalized spacial score (nSPS) is 22.6. The molecule has 1 aliphatic heterocycles. The molecule has 1 aromatic carbocycles. The fourth-order valence-corrected chi connectivity index (χ4v) is 2.73. The van der Waals surface area contributed by atoms with E-state index in [1.165, 1.54) is 0 Å². The zero-order valence-corrected chi connectivity index (χ0v) is 11.6. The molecule has 1 saturated heterocycles. The summed E-state index contributed by atoms with van der Waals surface area (Å²) < 4.78 is 0. The lowest BCUT2D eigenvalue weighted by atomic mass is 10.0. The lowest BCUT2D eigenvalue weighted by Crippen LogP contribution is -2.37. The van der Waals surface area contributed by atoms with E-state index in [4.69, 9.17) is 16.7 Å². The topological polar surface area (TPSA) is 57.6 Å². The Labute approximate surface area is 117 Å². The second kappa shape index (κ2) is 5.21. The first-order chi connectivity index (χ1) is 8.93. The van der Waals surface area contributed by atoms with E-state index in [2.05, 4.69) is 0 Å². The first kappa shape index (κ1) is 13.9. The molecule has 0 aliphatic carbocycles. The van der Waals surface area contributed by atoms with Crippen molar-refractivity contribution in [1.82, 2.24) is 4.90 Å². The van der Waals surface area contributed by atoms with Gasteiger partial charge in [0.25, 0.3) is 5.91 Å². The minimum atomic E-state index is -0.849. The van der Waals surface area contributed by atoms with Crippen LogP contribution in [0, 0.1) is 12.8 Å². The van der Waals surface area contributed by atoms with Crippen molar-refractivity contribution in [2.75, 3.05) is 6.54 Å². The number of rotatable bonds is 2. The first-order valence-corrected chi connectivity index (χ1v) is 6.60. The summed E-state index contributed by atoms with van der Waals surface area (Å²) >= 11 is 6.15. The third kappa shape index (κ3) is 2.45. The van der Waals surface area contributed by atoms with E-state index in [1.807, 2.05) is 13.0 Å². The molecule has 2 unspecified atom stereocenters. The zero-order chi connectivity index (χ0) is 14.2. The van der Waals surface area contributed by atoms with E-state index < -0.39 is 11.9 Å². The summed E-state index contributed by atoms with van der Waals surface area (Å²) in [6, 6.07) is 5.00. The highest BCUT2D eigenvalue weighted by molar-refractivity contribution is 6.34. The first-order valence-electron chi connectivity index (χ1n) is 6.22. The van der Waals surface area contributed by atoms with Gasteiger partial charge in [0.15, 0.2) is 0 Å². The molecular weight excluding hydrogens is 266 g/mol. The average molecular weight is 282 g/mol. The van der Waals surface area contributed by atoms with Gasteiger partial charge in [0.05, 0.1) is 16.5 Å². The highest BCUT2D eigenvalue weighted by atomic mass is 35.5. The van der Waals surface area contributed by atoms with E-state index in [0.29, 0.717) is 23.6 Å². The van der Waals surface area contributed by atoms with Crippen LogP contribution in [-0.2, 0) is 4.79 Å². The summed E-state index contributed by atoms with van der Waals surface area (Å²) in [6.07, 6.45) is 0.492. The molecule has 0 saturated carbocycles. The molecule has 0 radical (unpaired) electrons. The van der Waals surface area contributed by atoms with Crippen LogP contribution in [-0.4, -0.2) is 34.5 Å². The quantitative estimate of drug-likeness (QED) is 0.906. The zero-order valence-electron chi connectivity index (χ0n) is 10.9. The molecule has 4 nitrogen and oxygen atoms in total. The summed E-state index contributed by atoms with van der Waals surface area (Å²) in [4.78, 5) is 25.1. The van der Waals surface area contributed by atoms with Crippen LogP contribution in [0.15, 0.2) is 18.2 Å². The predicted molar refractivity (Wildman–Crippen MR) is 72.4 cm³/mol. The number of aryl methyl sites for hydroxylation is 1. The molecule has 2 rings (SSSR count). The molecule has 1 heterocycles. The Morgan fingerprint density at radius 2 is 2.11 bits per heavy atom. The van der Waals surface area contributed by atoms with Gasteiger partial charge in [-0.15, -0.1) is 0 Å². The van der Waals surface area contributed by atoms with Crippen molar-refractivity contribution in [2.24, 2.45) is 5.92 Å². The van der Waals surface area contributed by atoms with Gasteiger partial charge >= 0.3 is 5.97 Å². The number of amides is 1. The van der Waals surface area contributed by atoms with Gasteiger partial charge in [-0.2, -0.15) is 0 Å². The number of hydrogen-bond acceptors (Lipinski definition) is 2. The van der Waals surface area contributed by atoms with Crippen LogP contribution < -0.4 is 0 Å². The Kier molecular flexibility index (Phi) is 3.80. The van der Waals surface area contributed by atoms with E-state index in [1.54, 1.807) is 24.0 Å². The number of hydrogen-bond donors (Lipinski definition) is 1. The molecule has 0 spiro atoms. The Morgan fingerprint density at radius 3 is 2.68 bits per heavy atom. The van der Waals surface area contributed by atoms with Crippen molar-refractivity contribution >= 4 is 23.5 Å². The van der Waals surface area contributed by atoms with Crippen LogP contribution in [0.2, 0.25) is 5.02 Å². The highest BCUT2D eigenvalue weighted by Crippen LogP contribution is 2.29.